The first-order valence-corrected chi connectivity index (χ1v) is 6.56. The Kier molecular flexibility index (Phi) is 4.08. The van der Waals surface area contributed by atoms with E-state index in [1.807, 2.05) is 18.0 Å². The van der Waals surface area contributed by atoms with Crippen molar-refractivity contribution in [2.24, 2.45) is 5.73 Å². The molecule has 0 aliphatic carbocycles. The van der Waals surface area contributed by atoms with Gasteiger partial charge in [0.15, 0.2) is 5.82 Å². The standard InChI is InChI=1S/C15H18ClN3/c1-10-4-5-14(11(2)6-10)19(3)15-13(16)7-12(8-17)9-18-15/h4-7,9H,8,17H2,1-3H3. The lowest BCUT2D eigenvalue weighted by molar-refractivity contribution is 1.03. The van der Waals surface area contributed by atoms with Crippen LogP contribution < -0.4 is 10.6 Å². The van der Waals surface area contributed by atoms with E-state index in [4.69, 9.17) is 17.3 Å². The molecule has 2 aromatic rings. The molecule has 0 aliphatic rings. The first-order chi connectivity index (χ1) is 9.02. The van der Waals surface area contributed by atoms with E-state index in [0.717, 1.165) is 17.1 Å². The number of benzene rings is 1. The zero-order valence-corrected chi connectivity index (χ0v) is 12.2. The second-order valence-corrected chi connectivity index (χ2v) is 5.11. The third kappa shape index (κ3) is 2.88. The Morgan fingerprint density at radius 1 is 1.26 bits per heavy atom. The summed E-state index contributed by atoms with van der Waals surface area (Å²) in [5.41, 5.74) is 10.1. The zero-order valence-electron chi connectivity index (χ0n) is 11.4. The van der Waals surface area contributed by atoms with Crippen molar-refractivity contribution in [2.75, 3.05) is 11.9 Å². The second kappa shape index (κ2) is 5.59. The molecular formula is C15H18ClN3. The van der Waals surface area contributed by atoms with E-state index >= 15 is 0 Å². The van der Waals surface area contributed by atoms with Crippen molar-refractivity contribution < 1.29 is 0 Å². The Hall–Kier alpha value is -1.58. The van der Waals surface area contributed by atoms with Crippen LogP contribution in [-0.4, -0.2) is 12.0 Å². The molecule has 1 heterocycles. The van der Waals surface area contributed by atoms with Gasteiger partial charge in [0.1, 0.15) is 0 Å². The average Bonchev–Trinajstić information content (AvgIpc) is 2.37. The zero-order chi connectivity index (χ0) is 14.0. The highest BCUT2D eigenvalue weighted by molar-refractivity contribution is 6.33. The van der Waals surface area contributed by atoms with Crippen LogP contribution in [0.2, 0.25) is 5.02 Å². The number of hydrogen-bond acceptors (Lipinski definition) is 3. The Balaban J connectivity index is 2.41. The summed E-state index contributed by atoms with van der Waals surface area (Å²) in [6.07, 6.45) is 1.77. The maximum absolute atomic E-state index is 6.28. The minimum Gasteiger partial charge on any atom is -0.328 e. The first-order valence-electron chi connectivity index (χ1n) is 6.18. The van der Waals surface area contributed by atoms with Gasteiger partial charge >= 0.3 is 0 Å². The molecule has 0 atom stereocenters. The van der Waals surface area contributed by atoms with E-state index < -0.39 is 0 Å². The molecule has 100 valence electrons. The number of aromatic nitrogens is 1. The van der Waals surface area contributed by atoms with Crippen molar-refractivity contribution in [3.8, 4) is 0 Å². The lowest BCUT2D eigenvalue weighted by Gasteiger charge is -2.22. The fourth-order valence-electron chi connectivity index (χ4n) is 2.12. The number of pyridine rings is 1. The Bertz CT molecular complexity index is 596. The van der Waals surface area contributed by atoms with Crippen molar-refractivity contribution in [1.82, 2.24) is 4.98 Å². The molecule has 0 spiro atoms. The third-order valence-electron chi connectivity index (χ3n) is 3.15. The number of hydrogen-bond donors (Lipinski definition) is 1. The van der Waals surface area contributed by atoms with Crippen LogP contribution in [-0.2, 0) is 6.54 Å². The Morgan fingerprint density at radius 3 is 2.58 bits per heavy atom. The van der Waals surface area contributed by atoms with Crippen molar-refractivity contribution in [2.45, 2.75) is 20.4 Å². The smallest absolute Gasteiger partial charge is 0.151 e. The monoisotopic (exact) mass is 275 g/mol. The molecule has 19 heavy (non-hydrogen) atoms. The highest BCUT2D eigenvalue weighted by atomic mass is 35.5. The normalized spacial score (nSPS) is 10.6. The molecule has 2 N–H and O–H groups in total. The molecule has 0 radical (unpaired) electrons. The van der Waals surface area contributed by atoms with Crippen molar-refractivity contribution in [3.63, 3.8) is 0 Å². The fraction of sp³-hybridized carbons (Fsp3) is 0.267. The maximum atomic E-state index is 6.28. The van der Waals surface area contributed by atoms with Crippen molar-refractivity contribution >= 4 is 23.1 Å². The van der Waals surface area contributed by atoms with Crippen LogP contribution in [0.25, 0.3) is 0 Å². The van der Waals surface area contributed by atoms with Gasteiger partial charge in [0, 0.05) is 25.5 Å². The molecular weight excluding hydrogens is 258 g/mol. The minimum absolute atomic E-state index is 0.445. The molecule has 3 nitrogen and oxygen atoms in total. The molecule has 1 aromatic heterocycles. The van der Waals surface area contributed by atoms with Gasteiger partial charge in [-0.15, -0.1) is 0 Å². The summed E-state index contributed by atoms with van der Waals surface area (Å²) in [5, 5.41) is 0.616. The number of halogens is 1. The number of rotatable bonds is 3. The van der Waals surface area contributed by atoms with E-state index in [1.54, 1.807) is 6.20 Å². The number of anilines is 2. The molecule has 4 heteroatoms. The van der Waals surface area contributed by atoms with Crippen molar-refractivity contribution in [1.29, 1.82) is 0 Å². The van der Waals surface area contributed by atoms with Crippen LogP contribution in [0.3, 0.4) is 0 Å². The number of nitrogens with two attached hydrogens (primary N) is 1. The van der Waals surface area contributed by atoms with Crippen LogP contribution in [0, 0.1) is 13.8 Å². The lowest BCUT2D eigenvalue weighted by Crippen LogP contribution is -2.13. The van der Waals surface area contributed by atoms with E-state index in [0.29, 0.717) is 11.6 Å². The summed E-state index contributed by atoms with van der Waals surface area (Å²) in [4.78, 5) is 6.40. The van der Waals surface area contributed by atoms with E-state index in [9.17, 15) is 0 Å². The van der Waals surface area contributed by atoms with Gasteiger partial charge in [-0.25, -0.2) is 4.98 Å². The highest BCUT2D eigenvalue weighted by Gasteiger charge is 2.12. The van der Waals surface area contributed by atoms with Crippen LogP contribution in [0.1, 0.15) is 16.7 Å². The quantitative estimate of drug-likeness (QED) is 0.931. The van der Waals surface area contributed by atoms with E-state index in [1.165, 1.54) is 11.1 Å². The highest BCUT2D eigenvalue weighted by Crippen LogP contribution is 2.31. The minimum atomic E-state index is 0.445. The Labute approximate surface area is 119 Å². The maximum Gasteiger partial charge on any atom is 0.151 e. The van der Waals surface area contributed by atoms with Gasteiger partial charge in [-0.3, -0.25) is 0 Å². The van der Waals surface area contributed by atoms with Gasteiger partial charge in [0.05, 0.1) is 5.02 Å². The summed E-state index contributed by atoms with van der Waals surface area (Å²) in [7, 11) is 1.97. The second-order valence-electron chi connectivity index (χ2n) is 4.70. The van der Waals surface area contributed by atoms with Gasteiger partial charge in [0.2, 0.25) is 0 Å². The van der Waals surface area contributed by atoms with Gasteiger partial charge < -0.3 is 10.6 Å². The summed E-state index contributed by atoms with van der Waals surface area (Å²) < 4.78 is 0. The molecule has 0 saturated heterocycles. The van der Waals surface area contributed by atoms with Crippen LogP contribution in [0.15, 0.2) is 30.5 Å². The first kappa shape index (κ1) is 13.8. The summed E-state index contributed by atoms with van der Waals surface area (Å²) in [6, 6.07) is 8.18. The predicted molar refractivity (Wildman–Crippen MR) is 81.1 cm³/mol. The van der Waals surface area contributed by atoms with E-state index in [2.05, 4.69) is 37.0 Å². The molecule has 1 aromatic carbocycles. The average molecular weight is 276 g/mol. The van der Waals surface area contributed by atoms with Crippen molar-refractivity contribution in [3.05, 3.63) is 52.2 Å². The molecule has 0 unspecified atom stereocenters. The van der Waals surface area contributed by atoms with Gasteiger partial charge in [-0.05, 0) is 37.1 Å². The predicted octanol–water partition coefficient (Wildman–Crippen LogP) is 3.58. The van der Waals surface area contributed by atoms with Gasteiger partial charge in [0.25, 0.3) is 0 Å². The number of aryl methyl sites for hydroxylation is 2. The lowest BCUT2D eigenvalue weighted by atomic mass is 10.1. The Morgan fingerprint density at radius 2 is 2.00 bits per heavy atom. The molecule has 2 rings (SSSR count). The third-order valence-corrected chi connectivity index (χ3v) is 3.42. The molecule has 0 fully saturated rings. The summed E-state index contributed by atoms with van der Waals surface area (Å²) in [6.45, 7) is 4.61. The molecule has 0 aliphatic heterocycles. The number of nitrogens with zero attached hydrogens (tertiary/aromatic N) is 2. The van der Waals surface area contributed by atoms with E-state index in [-0.39, 0.29) is 0 Å². The van der Waals surface area contributed by atoms with Crippen LogP contribution in [0.4, 0.5) is 11.5 Å². The topological polar surface area (TPSA) is 42.2 Å². The summed E-state index contributed by atoms with van der Waals surface area (Å²) >= 11 is 6.28. The molecule has 0 bridgehead atoms. The SMILES string of the molecule is Cc1ccc(N(C)c2ncc(CN)cc2Cl)c(C)c1. The molecule has 0 saturated carbocycles. The molecule has 0 amide bonds. The van der Waals surface area contributed by atoms with Crippen LogP contribution in [0.5, 0.6) is 0 Å². The summed E-state index contributed by atoms with van der Waals surface area (Å²) in [5.74, 6) is 0.741. The largest absolute Gasteiger partial charge is 0.328 e. The fourth-order valence-corrected chi connectivity index (χ4v) is 2.44. The van der Waals surface area contributed by atoms with Gasteiger partial charge in [-0.1, -0.05) is 29.3 Å². The van der Waals surface area contributed by atoms with Gasteiger partial charge in [-0.2, -0.15) is 0 Å². The van der Waals surface area contributed by atoms with Crippen LogP contribution >= 0.6 is 11.6 Å².